The van der Waals surface area contributed by atoms with Crippen LogP contribution in [0.25, 0.3) is 32.9 Å². The van der Waals surface area contributed by atoms with Gasteiger partial charge in [-0.1, -0.05) is 17.7 Å². The molecule has 25 heavy (non-hydrogen) atoms. The highest BCUT2D eigenvalue weighted by Crippen LogP contribution is 2.37. The summed E-state index contributed by atoms with van der Waals surface area (Å²) in [5.41, 5.74) is 5.93. The van der Waals surface area contributed by atoms with Gasteiger partial charge in [0.05, 0.1) is 5.52 Å². The van der Waals surface area contributed by atoms with Crippen molar-refractivity contribution in [1.29, 1.82) is 0 Å². The molecule has 0 spiro atoms. The number of pyridine rings is 1. The number of nitrogens with zero attached hydrogens (tertiary/aromatic N) is 1. The van der Waals surface area contributed by atoms with Crippen LogP contribution >= 0.6 is 11.6 Å². The van der Waals surface area contributed by atoms with Crippen LogP contribution in [0.3, 0.4) is 0 Å². The van der Waals surface area contributed by atoms with Gasteiger partial charge in [0.1, 0.15) is 0 Å². The fourth-order valence-electron chi connectivity index (χ4n) is 3.29. The number of anilines is 1. The average molecular weight is 350 g/mol. The first-order valence-corrected chi connectivity index (χ1v) is 8.35. The molecule has 0 atom stereocenters. The second kappa shape index (κ2) is 5.90. The van der Waals surface area contributed by atoms with E-state index in [9.17, 15) is 4.79 Å². The van der Waals surface area contributed by atoms with Crippen molar-refractivity contribution in [3.8, 4) is 11.1 Å². The standard InChI is InChI=1S/C20H16ClN3O/c1-11-20(16-7-8-22-19-9-13(21)3-5-15(16)19)17-10-14(24-12(2)25)4-6-18(17)23-11/h3-10,23H,1-2H3,(H,24,25). The minimum atomic E-state index is -0.0860. The van der Waals surface area contributed by atoms with Crippen LogP contribution in [0.5, 0.6) is 0 Å². The van der Waals surface area contributed by atoms with Crippen molar-refractivity contribution in [2.45, 2.75) is 13.8 Å². The Labute approximate surface area is 149 Å². The summed E-state index contributed by atoms with van der Waals surface area (Å²) in [6, 6.07) is 13.6. The minimum Gasteiger partial charge on any atom is -0.358 e. The van der Waals surface area contributed by atoms with Crippen molar-refractivity contribution in [2.24, 2.45) is 0 Å². The number of H-pyrrole nitrogens is 1. The second-order valence-corrected chi connectivity index (χ2v) is 6.52. The van der Waals surface area contributed by atoms with Crippen LogP contribution in [0.15, 0.2) is 48.7 Å². The number of carbonyl (C=O) groups excluding carboxylic acids is 1. The van der Waals surface area contributed by atoms with Crippen molar-refractivity contribution in [2.75, 3.05) is 5.32 Å². The lowest BCUT2D eigenvalue weighted by Crippen LogP contribution is -2.05. The Morgan fingerprint density at radius 1 is 1.12 bits per heavy atom. The number of fused-ring (bicyclic) bond motifs is 2. The van der Waals surface area contributed by atoms with Gasteiger partial charge < -0.3 is 10.3 Å². The van der Waals surface area contributed by atoms with Crippen LogP contribution in [0, 0.1) is 6.92 Å². The van der Waals surface area contributed by atoms with Crippen LogP contribution in [0.4, 0.5) is 5.69 Å². The molecule has 0 fully saturated rings. The van der Waals surface area contributed by atoms with E-state index < -0.39 is 0 Å². The van der Waals surface area contributed by atoms with E-state index in [1.165, 1.54) is 6.92 Å². The monoisotopic (exact) mass is 349 g/mol. The first-order valence-electron chi connectivity index (χ1n) is 7.97. The van der Waals surface area contributed by atoms with E-state index in [0.29, 0.717) is 5.02 Å². The summed E-state index contributed by atoms with van der Waals surface area (Å²) in [5, 5.41) is 5.62. The molecule has 124 valence electrons. The molecule has 0 aliphatic carbocycles. The Balaban J connectivity index is 2.00. The number of aromatic nitrogens is 2. The second-order valence-electron chi connectivity index (χ2n) is 6.09. The number of rotatable bonds is 2. The van der Waals surface area contributed by atoms with Gasteiger partial charge in [-0.2, -0.15) is 0 Å². The highest BCUT2D eigenvalue weighted by molar-refractivity contribution is 6.31. The van der Waals surface area contributed by atoms with E-state index in [1.807, 2.05) is 42.5 Å². The Morgan fingerprint density at radius 3 is 2.76 bits per heavy atom. The van der Waals surface area contributed by atoms with Crippen LogP contribution < -0.4 is 5.32 Å². The molecule has 2 heterocycles. The molecule has 4 rings (SSSR count). The maximum absolute atomic E-state index is 11.4. The third kappa shape index (κ3) is 2.75. The number of amides is 1. The minimum absolute atomic E-state index is 0.0860. The zero-order valence-corrected chi connectivity index (χ0v) is 14.6. The Hall–Kier alpha value is -2.85. The fraction of sp³-hybridized carbons (Fsp3) is 0.100. The molecular weight excluding hydrogens is 334 g/mol. The molecule has 2 aromatic heterocycles. The highest BCUT2D eigenvalue weighted by Gasteiger charge is 2.14. The van der Waals surface area contributed by atoms with Crippen molar-refractivity contribution in [1.82, 2.24) is 9.97 Å². The lowest BCUT2D eigenvalue weighted by Gasteiger charge is -2.08. The molecule has 0 saturated carbocycles. The average Bonchev–Trinajstić information content (AvgIpc) is 2.88. The molecule has 4 aromatic rings. The molecule has 5 heteroatoms. The van der Waals surface area contributed by atoms with Gasteiger partial charge in [-0.3, -0.25) is 9.78 Å². The van der Waals surface area contributed by atoms with Crippen molar-refractivity contribution < 1.29 is 4.79 Å². The number of nitrogens with one attached hydrogen (secondary N) is 2. The Morgan fingerprint density at radius 2 is 1.96 bits per heavy atom. The quantitative estimate of drug-likeness (QED) is 0.515. The fourth-order valence-corrected chi connectivity index (χ4v) is 3.46. The van der Waals surface area contributed by atoms with E-state index in [0.717, 1.165) is 44.3 Å². The first-order chi connectivity index (χ1) is 12.0. The third-order valence-electron chi connectivity index (χ3n) is 4.28. The smallest absolute Gasteiger partial charge is 0.221 e. The molecule has 0 bridgehead atoms. The van der Waals surface area contributed by atoms with E-state index in [2.05, 4.69) is 22.2 Å². The van der Waals surface area contributed by atoms with Crippen LogP contribution in [-0.4, -0.2) is 15.9 Å². The number of hydrogen-bond donors (Lipinski definition) is 2. The van der Waals surface area contributed by atoms with Gasteiger partial charge in [0, 0.05) is 51.4 Å². The van der Waals surface area contributed by atoms with Crippen molar-refractivity contribution in [3.05, 3.63) is 59.4 Å². The number of hydrogen-bond acceptors (Lipinski definition) is 2. The SMILES string of the molecule is CC(=O)Nc1ccc2[nH]c(C)c(-c3ccnc4cc(Cl)ccc34)c2c1. The lowest BCUT2D eigenvalue weighted by atomic mass is 9.98. The maximum Gasteiger partial charge on any atom is 0.221 e. The maximum atomic E-state index is 11.4. The number of carbonyl (C=O) groups is 1. The molecule has 0 saturated heterocycles. The van der Waals surface area contributed by atoms with Gasteiger partial charge in [0.15, 0.2) is 0 Å². The van der Waals surface area contributed by atoms with Crippen LogP contribution in [0.2, 0.25) is 5.02 Å². The summed E-state index contributed by atoms with van der Waals surface area (Å²) in [6.45, 7) is 3.56. The Bertz CT molecular complexity index is 1130. The van der Waals surface area contributed by atoms with E-state index in [-0.39, 0.29) is 5.91 Å². The summed E-state index contributed by atoms with van der Waals surface area (Å²) in [5.74, 6) is -0.0860. The van der Waals surface area contributed by atoms with Crippen molar-refractivity contribution in [3.63, 3.8) is 0 Å². The van der Waals surface area contributed by atoms with E-state index in [1.54, 1.807) is 6.20 Å². The zero-order chi connectivity index (χ0) is 17.6. The summed E-state index contributed by atoms with van der Waals surface area (Å²) >= 11 is 6.11. The summed E-state index contributed by atoms with van der Waals surface area (Å²) in [4.78, 5) is 19.2. The molecule has 0 aliphatic heterocycles. The van der Waals surface area contributed by atoms with Crippen LogP contribution in [-0.2, 0) is 4.79 Å². The van der Waals surface area contributed by atoms with E-state index >= 15 is 0 Å². The molecule has 2 aromatic carbocycles. The van der Waals surface area contributed by atoms with Crippen LogP contribution in [0.1, 0.15) is 12.6 Å². The summed E-state index contributed by atoms with van der Waals surface area (Å²) in [7, 11) is 0. The predicted octanol–water partition coefficient (Wildman–Crippen LogP) is 5.30. The predicted molar refractivity (Wildman–Crippen MR) is 103 cm³/mol. The summed E-state index contributed by atoms with van der Waals surface area (Å²) in [6.07, 6.45) is 1.80. The molecule has 4 nitrogen and oxygen atoms in total. The van der Waals surface area contributed by atoms with Gasteiger partial charge in [-0.15, -0.1) is 0 Å². The van der Waals surface area contributed by atoms with Gasteiger partial charge in [0.2, 0.25) is 5.91 Å². The number of benzene rings is 2. The molecule has 0 unspecified atom stereocenters. The highest BCUT2D eigenvalue weighted by atomic mass is 35.5. The van der Waals surface area contributed by atoms with Gasteiger partial charge in [0.25, 0.3) is 0 Å². The lowest BCUT2D eigenvalue weighted by molar-refractivity contribution is -0.114. The molecule has 2 N–H and O–H groups in total. The van der Waals surface area contributed by atoms with Crippen molar-refractivity contribution >= 4 is 45.0 Å². The molecule has 0 aliphatic rings. The number of halogens is 1. The zero-order valence-electron chi connectivity index (χ0n) is 13.9. The molecule has 0 radical (unpaired) electrons. The Kier molecular flexibility index (Phi) is 3.70. The van der Waals surface area contributed by atoms with E-state index in [4.69, 9.17) is 11.6 Å². The summed E-state index contributed by atoms with van der Waals surface area (Å²) < 4.78 is 0. The molecule has 1 amide bonds. The number of aryl methyl sites for hydroxylation is 1. The van der Waals surface area contributed by atoms with Gasteiger partial charge >= 0.3 is 0 Å². The topological polar surface area (TPSA) is 57.8 Å². The largest absolute Gasteiger partial charge is 0.358 e. The molecular formula is C20H16ClN3O. The van der Waals surface area contributed by atoms with Gasteiger partial charge in [-0.05, 0) is 48.9 Å². The number of aromatic amines is 1. The first kappa shape index (κ1) is 15.7. The normalized spacial score (nSPS) is 11.2. The third-order valence-corrected chi connectivity index (χ3v) is 4.52. The van der Waals surface area contributed by atoms with Gasteiger partial charge in [-0.25, -0.2) is 0 Å².